The minimum Gasteiger partial charge on any atom is -0.469 e. The first-order valence-corrected chi connectivity index (χ1v) is 7.92. The van der Waals surface area contributed by atoms with Crippen LogP contribution < -0.4 is 5.32 Å². The van der Waals surface area contributed by atoms with E-state index < -0.39 is 0 Å². The second kappa shape index (κ2) is 10.5. The molecule has 1 aromatic heterocycles. The van der Waals surface area contributed by atoms with E-state index in [0.29, 0.717) is 0 Å². The molecule has 1 aliphatic heterocycles. The third-order valence-corrected chi connectivity index (χ3v) is 3.75. The number of halogens is 1. The van der Waals surface area contributed by atoms with Crippen molar-refractivity contribution in [2.75, 3.05) is 40.3 Å². The molecule has 0 spiro atoms. The summed E-state index contributed by atoms with van der Waals surface area (Å²) in [5, 5.41) is 3.37. The number of likely N-dealkylation sites (tertiary alicyclic amines) is 1. The van der Waals surface area contributed by atoms with Crippen molar-refractivity contribution in [3.63, 3.8) is 0 Å². The van der Waals surface area contributed by atoms with Crippen LogP contribution in [0.3, 0.4) is 0 Å². The highest BCUT2D eigenvalue weighted by atomic mass is 127. The Hall–Kier alpha value is -1.25. The zero-order valence-electron chi connectivity index (χ0n) is 14.0. The van der Waals surface area contributed by atoms with Gasteiger partial charge in [-0.1, -0.05) is 0 Å². The van der Waals surface area contributed by atoms with Crippen molar-refractivity contribution in [3.8, 4) is 0 Å². The molecular weight excluding hydrogens is 407 g/mol. The zero-order chi connectivity index (χ0) is 15.8. The summed E-state index contributed by atoms with van der Waals surface area (Å²) < 4.78 is 5.34. The van der Waals surface area contributed by atoms with Crippen LogP contribution in [0.25, 0.3) is 0 Å². The Morgan fingerprint density at radius 2 is 2.09 bits per heavy atom. The van der Waals surface area contributed by atoms with E-state index in [2.05, 4.69) is 15.2 Å². The molecule has 1 aromatic rings. The molecule has 0 aromatic carbocycles. The molecule has 23 heavy (non-hydrogen) atoms. The highest BCUT2D eigenvalue weighted by molar-refractivity contribution is 14.0. The first kappa shape index (κ1) is 19.8. The van der Waals surface area contributed by atoms with E-state index in [1.807, 2.05) is 12.1 Å². The maximum absolute atomic E-state index is 11.7. The highest BCUT2D eigenvalue weighted by Gasteiger charge is 2.15. The summed E-state index contributed by atoms with van der Waals surface area (Å²) in [7, 11) is 3.51. The SMILES string of the molecule is CN(C)C(=O)CN=C(NCCc1ccco1)N1CCCCC1.I. The fraction of sp³-hybridized carbons (Fsp3) is 0.625. The number of nitrogens with one attached hydrogen (secondary N) is 1. The number of furan rings is 1. The second-order valence-corrected chi connectivity index (χ2v) is 5.73. The zero-order valence-corrected chi connectivity index (χ0v) is 16.3. The molecule has 0 radical (unpaired) electrons. The highest BCUT2D eigenvalue weighted by Crippen LogP contribution is 2.09. The van der Waals surface area contributed by atoms with E-state index in [-0.39, 0.29) is 36.4 Å². The monoisotopic (exact) mass is 434 g/mol. The molecule has 1 N–H and O–H groups in total. The van der Waals surface area contributed by atoms with Gasteiger partial charge >= 0.3 is 0 Å². The van der Waals surface area contributed by atoms with Crippen LogP contribution in [0, 0.1) is 0 Å². The van der Waals surface area contributed by atoms with Gasteiger partial charge in [0, 0.05) is 40.2 Å². The molecule has 1 saturated heterocycles. The maximum Gasteiger partial charge on any atom is 0.243 e. The van der Waals surface area contributed by atoms with Gasteiger partial charge in [-0.05, 0) is 31.4 Å². The molecule has 1 amide bonds. The summed E-state index contributed by atoms with van der Waals surface area (Å²) in [5.74, 6) is 1.80. The summed E-state index contributed by atoms with van der Waals surface area (Å²) >= 11 is 0. The smallest absolute Gasteiger partial charge is 0.243 e. The Bertz CT molecular complexity index is 482. The molecule has 0 atom stereocenters. The van der Waals surface area contributed by atoms with Gasteiger partial charge in [0.05, 0.1) is 6.26 Å². The number of aliphatic imine (C=N–C) groups is 1. The predicted molar refractivity (Wildman–Crippen MR) is 102 cm³/mol. The lowest BCUT2D eigenvalue weighted by Crippen LogP contribution is -2.45. The first-order chi connectivity index (χ1) is 10.7. The van der Waals surface area contributed by atoms with E-state index >= 15 is 0 Å². The Morgan fingerprint density at radius 1 is 1.35 bits per heavy atom. The predicted octanol–water partition coefficient (Wildman–Crippen LogP) is 1.96. The third-order valence-electron chi connectivity index (χ3n) is 3.75. The molecule has 1 aliphatic rings. The third kappa shape index (κ3) is 6.80. The van der Waals surface area contributed by atoms with Crippen molar-refractivity contribution in [3.05, 3.63) is 24.2 Å². The lowest BCUT2D eigenvalue weighted by Gasteiger charge is -2.30. The van der Waals surface area contributed by atoms with Gasteiger partial charge in [0.25, 0.3) is 0 Å². The maximum atomic E-state index is 11.7. The average Bonchev–Trinajstić information content (AvgIpc) is 3.04. The summed E-state index contributed by atoms with van der Waals surface area (Å²) in [6, 6.07) is 3.86. The Morgan fingerprint density at radius 3 is 2.70 bits per heavy atom. The lowest BCUT2D eigenvalue weighted by atomic mass is 10.1. The summed E-state index contributed by atoms with van der Waals surface area (Å²) in [5.41, 5.74) is 0. The molecule has 2 rings (SSSR count). The van der Waals surface area contributed by atoms with Gasteiger partial charge in [0.15, 0.2) is 5.96 Å². The van der Waals surface area contributed by atoms with Crippen LogP contribution in [-0.4, -0.2) is 61.9 Å². The minimum absolute atomic E-state index is 0. The normalized spacial score (nSPS) is 15.0. The van der Waals surface area contributed by atoms with Crippen LogP contribution in [0.2, 0.25) is 0 Å². The van der Waals surface area contributed by atoms with Crippen LogP contribution in [0.4, 0.5) is 0 Å². The second-order valence-electron chi connectivity index (χ2n) is 5.73. The summed E-state index contributed by atoms with van der Waals surface area (Å²) in [6.45, 7) is 2.94. The van der Waals surface area contributed by atoms with Crippen molar-refractivity contribution in [1.82, 2.24) is 15.1 Å². The number of piperidine rings is 1. The molecule has 0 unspecified atom stereocenters. The summed E-state index contributed by atoms with van der Waals surface area (Å²) in [6.07, 6.45) is 6.13. The number of carbonyl (C=O) groups is 1. The van der Waals surface area contributed by atoms with Crippen LogP contribution >= 0.6 is 24.0 Å². The van der Waals surface area contributed by atoms with E-state index in [1.54, 1.807) is 25.3 Å². The van der Waals surface area contributed by atoms with Crippen molar-refractivity contribution in [1.29, 1.82) is 0 Å². The molecular formula is C16H27IN4O2. The van der Waals surface area contributed by atoms with Gasteiger partial charge in [0.1, 0.15) is 12.3 Å². The molecule has 0 aliphatic carbocycles. The number of likely N-dealkylation sites (N-methyl/N-ethyl adjacent to an activating group) is 1. The topological polar surface area (TPSA) is 61.1 Å². The van der Waals surface area contributed by atoms with Gasteiger partial charge in [-0.2, -0.15) is 0 Å². The lowest BCUT2D eigenvalue weighted by molar-refractivity contribution is -0.127. The fourth-order valence-corrected chi connectivity index (χ4v) is 2.41. The van der Waals surface area contributed by atoms with Gasteiger partial charge in [-0.25, -0.2) is 4.99 Å². The molecule has 7 heteroatoms. The van der Waals surface area contributed by atoms with Crippen molar-refractivity contribution in [2.24, 2.45) is 4.99 Å². The quantitative estimate of drug-likeness (QED) is 0.438. The van der Waals surface area contributed by atoms with E-state index in [9.17, 15) is 4.79 Å². The van der Waals surface area contributed by atoms with Crippen LogP contribution in [0.1, 0.15) is 25.0 Å². The number of guanidine groups is 1. The molecule has 2 heterocycles. The van der Waals surface area contributed by atoms with Gasteiger partial charge < -0.3 is 19.5 Å². The van der Waals surface area contributed by atoms with Crippen molar-refractivity contribution < 1.29 is 9.21 Å². The number of carbonyl (C=O) groups excluding carboxylic acids is 1. The number of amides is 1. The molecule has 130 valence electrons. The number of rotatable bonds is 5. The number of hydrogen-bond acceptors (Lipinski definition) is 3. The molecule has 0 saturated carbocycles. The molecule has 1 fully saturated rings. The summed E-state index contributed by atoms with van der Waals surface area (Å²) in [4.78, 5) is 20.1. The average molecular weight is 434 g/mol. The van der Waals surface area contributed by atoms with Crippen molar-refractivity contribution in [2.45, 2.75) is 25.7 Å². The molecule has 6 nitrogen and oxygen atoms in total. The first-order valence-electron chi connectivity index (χ1n) is 7.92. The minimum atomic E-state index is 0. The Kier molecular flexibility index (Phi) is 9.05. The van der Waals surface area contributed by atoms with Crippen LogP contribution in [-0.2, 0) is 11.2 Å². The van der Waals surface area contributed by atoms with Crippen LogP contribution in [0.5, 0.6) is 0 Å². The van der Waals surface area contributed by atoms with Gasteiger partial charge in [0.2, 0.25) is 5.91 Å². The van der Waals surface area contributed by atoms with Gasteiger partial charge in [-0.15, -0.1) is 24.0 Å². The van der Waals surface area contributed by atoms with E-state index in [0.717, 1.165) is 37.8 Å². The van der Waals surface area contributed by atoms with E-state index in [4.69, 9.17) is 4.42 Å². The molecule has 0 bridgehead atoms. The fourth-order valence-electron chi connectivity index (χ4n) is 2.41. The van der Waals surface area contributed by atoms with Gasteiger partial charge in [-0.3, -0.25) is 4.79 Å². The van der Waals surface area contributed by atoms with Crippen molar-refractivity contribution >= 4 is 35.8 Å². The number of hydrogen-bond donors (Lipinski definition) is 1. The van der Waals surface area contributed by atoms with Crippen LogP contribution in [0.15, 0.2) is 27.8 Å². The van der Waals surface area contributed by atoms with E-state index in [1.165, 1.54) is 19.3 Å². The number of nitrogens with zero attached hydrogens (tertiary/aromatic N) is 3. The standard InChI is InChI=1S/C16H26N4O2.HI/c1-19(2)15(21)13-18-16(20-10-4-3-5-11-20)17-9-8-14-7-6-12-22-14;/h6-7,12H,3-5,8-11,13H2,1-2H3,(H,17,18);1H. The Labute approximate surface area is 155 Å². The Balaban J connectivity index is 0.00000264. The largest absolute Gasteiger partial charge is 0.469 e.